The molecule has 0 radical (unpaired) electrons. The lowest BCUT2D eigenvalue weighted by molar-refractivity contribution is -0.143. The summed E-state index contributed by atoms with van der Waals surface area (Å²) in [6.07, 6.45) is 4.20. The third kappa shape index (κ3) is 2.95. The molecule has 2 fully saturated rings. The van der Waals surface area contributed by atoms with Gasteiger partial charge in [0.1, 0.15) is 0 Å². The number of carbonyl (C=O) groups is 2. The van der Waals surface area contributed by atoms with E-state index in [1.807, 2.05) is 16.7 Å². The van der Waals surface area contributed by atoms with Crippen molar-refractivity contribution in [1.82, 2.24) is 9.80 Å². The normalized spacial score (nSPS) is 26.6. The highest BCUT2D eigenvalue weighted by Gasteiger charge is 2.41. The number of hydrogen-bond donors (Lipinski definition) is 0. The third-order valence-corrected chi connectivity index (χ3v) is 6.00. The van der Waals surface area contributed by atoms with Crippen LogP contribution in [0.5, 0.6) is 0 Å². The smallest absolute Gasteiger partial charge is 0.241 e. The van der Waals surface area contributed by atoms with Crippen LogP contribution < -0.4 is 4.90 Å². The molecule has 3 heterocycles. The van der Waals surface area contributed by atoms with Crippen LogP contribution in [0.2, 0.25) is 0 Å². The van der Waals surface area contributed by atoms with Gasteiger partial charge in [0.15, 0.2) is 0 Å². The molecule has 5 nitrogen and oxygen atoms in total. The minimum Gasteiger partial charge on any atom is -0.337 e. The van der Waals surface area contributed by atoms with Gasteiger partial charge in [0, 0.05) is 31.4 Å². The number of rotatable bonds is 2. The minimum atomic E-state index is -0.194. The first-order valence-corrected chi connectivity index (χ1v) is 9.49. The maximum absolute atomic E-state index is 13.0. The van der Waals surface area contributed by atoms with E-state index in [1.54, 1.807) is 0 Å². The quantitative estimate of drug-likeness (QED) is 0.826. The lowest BCUT2D eigenvalue weighted by Crippen LogP contribution is -2.60. The zero-order valence-corrected chi connectivity index (χ0v) is 15.2. The molecule has 2 saturated heterocycles. The van der Waals surface area contributed by atoms with Gasteiger partial charge in [-0.15, -0.1) is 0 Å². The molecule has 2 amide bonds. The largest absolute Gasteiger partial charge is 0.337 e. The molecule has 0 spiro atoms. The van der Waals surface area contributed by atoms with Gasteiger partial charge in [0.25, 0.3) is 0 Å². The van der Waals surface area contributed by atoms with E-state index in [0.29, 0.717) is 12.6 Å². The van der Waals surface area contributed by atoms with Crippen LogP contribution in [0, 0.1) is 6.92 Å². The Morgan fingerprint density at radius 1 is 1.24 bits per heavy atom. The van der Waals surface area contributed by atoms with Crippen molar-refractivity contribution < 1.29 is 9.59 Å². The van der Waals surface area contributed by atoms with Crippen LogP contribution in [0.3, 0.4) is 0 Å². The number of carbonyl (C=O) groups excluding carboxylic acids is 2. The molecule has 0 saturated carbocycles. The lowest BCUT2D eigenvalue weighted by Gasteiger charge is -2.42. The molecular weight excluding hydrogens is 314 g/mol. The van der Waals surface area contributed by atoms with E-state index in [0.717, 1.165) is 51.0 Å². The Kier molecular flexibility index (Phi) is 4.28. The molecule has 2 atom stereocenters. The van der Waals surface area contributed by atoms with Crippen LogP contribution in [0.15, 0.2) is 18.2 Å². The number of hydrogen-bond acceptors (Lipinski definition) is 3. The molecule has 1 aromatic carbocycles. The molecule has 0 N–H and O–H groups in total. The summed E-state index contributed by atoms with van der Waals surface area (Å²) in [5.74, 6) is 0.312. The van der Waals surface area contributed by atoms with Gasteiger partial charge < -0.3 is 9.80 Å². The number of amides is 2. The summed E-state index contributed by atoms with van der Waals surface area (Å²) in [6, 6.07) is 6.45. The Bertz CT molecular complexity index is 702. The first-order valence-electron chi connectivity index (χ1n) is 9.49. The predicted octanol–water partition coefficient (Wildman–Crippen LogP) is 1.97. The van der Waals surface area contributed by atoms with Crippen molar-refractivity contribution >= 4 is 17.5 Å². The Hall–Kier alpha value is -1.88. The molecule has 0 bridgehead atoms. The number of anilines is 1. The van der Waals surface area contributed by atoms with Crippen LogP contribution in [-0.4, -0.2) is 59.9 Å². The maximum atomic E-state index is 13.0. The highest BCUT2D eigenvalue weighted by Crippen LogP contribution is 2.29. The monoisotopic (exact) mass is 341 g/mol. The van der Waals surface area contributed by atoms with Gasteiger partial charge >= 0.3 is 0 Å². The van der Waals surface area contributed by atoms with E-state index in [-0.39, 0.29) is 17.9 Å². The van der Waals surface area contributed by atoms with Gasteiger partial charge in [0.05, 0.1) is 12.6 Å². The highest BCUT2D eigenvalue weighted by molar-refractivity contribution is 5.96. The van der Waals surface area contributed by atoms with Crippen LogP contribution in [-0.2, 0) is 16.0 Å². The fourth-order valence-electron chi connectivity index (χ4n) is 4.59. The molecule has 25 heavy (non-hydrogen) atoms. The Balaban J connectivity index is 1.50. The topological polar surface area (TPSA) is 43.9 Å². The third-order valence-electron chi connectivity index (χ3n) is 6.00. The van der Waals surface area contributed by atoms with Crippen LogP contribution in [0.4, 0.5) is 5.69 Å². The van der Waals surface area contributed by atoms with Gasteiger partial charge in [-0.2, -0.15) is 0 Å². The second-order valence-electron chi connectivity index (χ2n) is 7.71. The van der Waals surface area contributed by atoms with E-state index in [1.165, 1.54) is 11.1 Å². The van der Waals surface area contributed by atoms with Gasteiger partial charge in [-0.25, -0.2) is 0 Å². The van der Waals surface area contributed by atoms with E-state index in [4.69, 9.17) is 0 Å². The van der Waals surface area contributed by atoms with Crippen molar-refractivity contribution in [1.29, 1.82) is 0 Å². The van der Waals surface area contributed by atoms with Crippen LogP contribution in [0.25, 0.3) is 0 Å². The summed E-state index contributed by atoms with van der Waals surface area (Å²) in [4.78, 5) is 31.6. The van der Waals surface area contributed by atoms with Crippen molar-refractivity contribution in [2.75, 3.05) is 31.1 Å². The van der Waals surface area contributed by atoms with Crippen molar-refractivity contribution in [2.45, 2.75) is 51.6 Å². The van der Waals surface area contributed by atoms with Gasteiger partial charge in [-0.3, -0.25) is 14.5 Å². The average Bonchev–Trinajstić information content (AvgIpc) is 3.07. The highest BCUT2D eigenvalue weighted by atomic mass is 16.2. The van der Waals surface area contributed by atoms with E-state index >= 15 is 0 Å². The molecular formula is C20H27N3O2. The number of aryl methyl sites for hydroxylation is 2. The first kappa shape index (κ1) is 16.6. The molecule has 3 aliphatic rings. The zero-order valence-electron chi connectivity index (χ0n) is 15.2. The minimum absolute atomic E-state index is 0.121. The Morgan fingerprint density at radius 2 is 2.08 bits per heavy atom. The molecule has 1 aromatic rings. The van der Waals surface area contributed by atoms with Gasteiger partial charge in [0.2, 0.25) is 11.8 Å². The Labute approximate surface area is 149 Å². The maximum Gasteiger partial charge on any atom is 0.241 e. The van der Waals surface area contributed by atoms with Crippen LogP contribution >= 0.6 is 0 Å². The molecule has 3 aliphatic heterocycles. The Morgan fingerprint density at radius 3 is 2.92 bits per heavy atom. The summed E-state index contributed by atoms with van der Waals surface area (Å²) >= 11 is 0. The molecule has 5 heteroatoms. The van der Waals surface area contributed by atoms with Gasteiger partial charge in [-0.05, 0) is 51.2 Å². The van der Waals surface area contributed by atoms with E-state index < -0.39 is 0 Å². The van der Waals surface area contributed by atoms with E-state index in [2.05, 4.69) is 30.0 Å². The molecule has 4 rings (SSSR count). The molecule has 0 unspecified atom stereocenters. The van der Waals surface area contributed by atoms with E-state index in [9.17, 15) is 9.59 Å². The molecule has 0 aliphatic carbocycles. The lowest BCUT2D eigenvalue weighted by atomic mass is 9.99. The first-order chi connectivity index (χ1) is 12.0. The van der Waals surface area contributed by atoms with Gasteiger partial charge in [-0.1, -0.05) is 17.7 Å². The van der Waals surface area contributed by atoms with Crippen LogP contribution in [0.1, 0.15) is 37.3 Å². The SMILES string of the molecule is Cc1ccc2c(c1)CCCN2C(=O)CN1C[C@H]2CCCN2C(=O)[C@H]1C. The number of piperazine rings is 1. The fourth-order valence-corrected chi connectivity index (χ4v) is 4.59. The number of nitrogens with zero attached hydrogens (tertiary/aromatic N) is 3. The van der Waals surface area contributed by atoms with Crippen molar-refractivity contribution in [3.05, 3.63) is 29.3 Å². The summed E-state index contributed by atoms with van der Waals surface area (Å²) in [7, 11) is 0. The van der Waals surface area contributed by atoms with Crippen molar-refractivity contribution in [3.8, 4) is 0 Å². The van der Waals surface area contributed by atoms with Crippen molar-refractivity contribution in [3.63, 3.8) is 0 Å². The van der Waals surface area contributed by atoms with Crippen molar-refractivity contribution in [2.24, 2.45) is 0 Å². The summed E-state index contributed by atoms with van der Waals surface area (Å²) in [5, 5.41) is 0. The second kappa shape index (κ2) is 6.45. The zero-order chi connectivity index (χ0) is 17.6. The standard InChI is InChI=1S/C20H27N3O2/c1-14-7-8-18-16(11-14)5-3-10-23(18)19(24)13-21-12-17-6-4-9-22(17)20(25)15(21)2/h7-8,11,15,17H,3-6,9-10,12-13H2,1-2H3/t15-,17-/m1/s1. The predicted molar refractivity (Wildman–Crippen MR) is 97.6 cm³/mol. The summed E-state index contributed by atoms with van der Waals surface area (Å²) in [6.45, 7) is 6.86. The fraction of sp³-hybridized carbons (Fsp3) is 0.600. The number of benzene rings is 1. The average molecular weight is 341 g/mol. The summed E-state index contributed by atoms with van der Waals surface area (Å²) in [5.41, 5.74) is 3.56. The summed E-state index contributed by atoms with van der Waals surface area (Å²) < 4.78 is 0. The molecule has 0 aromatic heterocycles. The second-order valence-corrected chi connectivity index (χ2v) is 7.71. The number of fused-ring (bicyclic) bond motifs is 2. The molecule has 134 valence electrons.